The fraction of sp³-hybridized carbons (Fsp3) is 0.391. The van der Waals surface area contributed by atoms with E-state index >= 15 is 0 Å². The maximum atomic E-state index is 13.2. The van der Waals surface area contributed by atoms with Crippen LogP contribution in [-0.2, 0) is 14.6 Å². The molecule has 166 valence electrons. The number of carbonyl (C=O) groups excluding carboxylic acids is 1. The van der Waals surface area contributed by atoms with Crippen molar-refractivity contribution in [3.63, 3.8) is 0 Å². The summed E-state index contributed by atoms with van der Waals surface area (Å²) in [5.74, 6) is -0.262. The van der Waals surface area contributed by atoms with Gasteiger partial charge in [0.1, 0.15) is 16.2 Å². The zero-order chi connectivity index (χ0) is 22.6. The predicted molar refractivity (Wildman–Crippen MR) is 119 cm³/mol. The maximum Gasteiger partial charge on any atom is 0.338 e. The highest BCUT2D eigenvalue weighted by Crippen LogP contribution is 2.30. The molecule has 3 rings (SSSR count). The smallest absolute Gasteiger partial charge is 0.338 e. The van der Waals surface area contributed by atoms with E-state index in [0.29, 0.717) is 6.61 Å². The molecule has 31 heavy (non-hydrogen) atoms. The van der Waals surface area contributed by atoms with Crippen molar-refractivity contribution in [2.45, 2.75) is 44.4 Å². The molecular formula is C23H26O7S. The summed E-state index contributed by atoms with van der Waals surface area (Å²) in [6, 6.07) is 7.22. The summed E-state index contributed by atoms with van der Waals surface area (Å²) in [5, 5.41) is 0.248. The van der Waals surface area contributed by atoms with E-state index < -0.39 is 21.2 Å². The average Bonchev–Trinajstić information content (AvgIpc) is 2.73. The van der Waals surface area contributed by atoms with Crippen LogP contribution in [-0.4, -0.2) is 33.9 Å². The maximum absolute atomic E-state index is 13.2. The highest BCUT2D eigenvalue weighted by molar-refractivity contribution is 7.91. The van der Waals surface area contributed by atoms with Gasteiger partial charge in [-0.15, -0.1) is 0 Å². The highest BCUT2D eigenvalue weighted by Gasteiger charge is 2.21. The summed E-state index contributed by atoms with van der Waals surface area (Å²) in [6.45, 7) is 4.43. The molecule has 0 N–H and O–H groups in total. The van der Waals surface area contributed by atoms with Crippen LogP contribution in [0, 0.1) is 0 Å². The first-order valence-electron chi connectivity index (χ1n) is 10.3. The number of esters is 1. The molecule has 1 aromatic heterocycles. The second kappa shape index (κ2) is 9.51. The molecule has 0 aliphatic carbocycles. The summed E-state index contributed by atoms with van der Waals surface area (Å²) < 4.78 is 41.3. The molecule has 0 saturated carbocycles. The Morgan fingerprint density at radius 3 is 2.48 bits per heavy atom. The number of fused-ring (bicyclic) bond motifs is 2. The third-order valence-corrected chi connectivity index (χ3v) is 5.99. The van der Waals surface area contributed by atoms with Gasteiger partial charge in [0, 0.05) is 12.3 Å². The number of hydrogen-bond acceptors (Lipinski definition) is 7. The molecule has 0 fully saturated rings. The van der Waals surface area contributed by atoms with Gasteiger partial charge >= 0.3 is 5.97 Å². The molecule has 8 heteroatoms. The van der Waals surface area contributed by atoms with Crippen LogP contribution in [0.1, 0.15) is 49.9 Å². The monoisotopic (exact) mass is 446 g/mol. The minimum Gasteiger partial charge on any atom is -0.494 e. The van der Waals surface area contributed by atoms with Gasteiger partial charge < -0.3 is 13.9 Å². The Bertz CT molecular complexity index is 1270. The fourth-order valence-electron chi connectivity index (χ4n) is 3.32. The van der Waals surface area contributed by atoms with Gasteiger partial charge in [-0.3, -0.25) is 4.79 Å². The molecule has 0 spiro atoms. The first-order valence-corrected chi connectivity index (χ1v) is 12.2. The van der Waals surface area contributed by atoms with Gasteiger partial charge in [0.25, 0.3) is 0 Å². The predicted octanol–water partition coefficient (Wildman–Crippen LogP) is 4.49. The Kier molecular flexibility index (Phi) is 7.00. The van der Waals surface area contributed by atoms with Crippen molar-refractivity contribution in [2.75, 3.05) is 19.5 Å². The van der Waals surface area contributed by atoms with Crippen molar-refractivity contribution < 1.29 is 27.1 Å². The average molecular weight is 447 g/mol. The molecule has 0 saturated heterocycles. The SMILES string of the molecule is CCCCCCOc1cc(S(C)(=O)=O)c2oc3ccc(C(=O)OCC)cc3c(=O)c2c1. The molecule has 0 aliphatic rings. The summed E-state index contributed by atoms with van der Waals surface area (Å²) >= 11 is 0. The van der Waals surface area contributed by atoms with Crippen molar-refractivity contribution in [1.29, 1.82) is 0 Å². The van der Waals surface area contributed by atoms with Gasteiger partial charge in [0.15, 0.2) is 15.4 Å². The van der Waals surface area contributed by atoms with Crippen LogP contribution in [0.5, 0.6) is 5.75 Å². The van der Waals surface area contributed by atoms with Crippen molar-refractivity contribution in [1.82, 2.24) is 0 Å². The summed E-state index contributed by atoms with van der Waals surface area (Å²) in [5.41, 5.74) is -0.0673. The van der Waals surface area contributed by atoms with Crippen LogP contribution in [0.15, 0.2) is 44.4 Å². The van der Waals surface area contributed by atoms with Gasteiger partial charge in [-0.25, -0.2) is 13.2 Å². The van der Waals surface area contributed by atoms with E-state index in [2.05, 4.69) is 6.92 Å². The standard InChI is InChI=1S/C23H26O7S/c1-4-6-7-8-11-29-16-13-18-21(24)17-12-15(23(25)28-5-2)9-10-19(17)30-22(18)20(14-16)31(3,26)27/h9-10,12-14H,4-8,11H2,1-3H3. The van der Waals surface area contributed by atoms with Crippen LogP contribution >= 0.6 is 0 Å². The number of carbonyl (C=O) groups is 1. The van der Waals surface area contributed by atoms with Crippen molar-refractivity contribution in [3.8, 4) is 5.75 Å². The number of hydrogen-bond donors (Lipinski definition) is 0. The molecule has 3 aromatic rings. The first-order chi connectivity index (χ1) is 14.8. The number of rotatable bonds is 9. The van der Waals surface area contributed by atoms with Crippen LogP contribution in [0.2, 0.25) is 0 Å². The Hall–Kier alpha value is -2.87. The zero-order valence-electron chi connectivity index (χ0n) is 17.9. The minimum absolute atomic E-state index is 0.0257. The Morgan fingerprint density at radius 1 is 1.03 bits per heavy atom. The number of sulfone groups is 1. The van der Waals surface area contributed by atoms with Crippen LogP contribution in [0.25, 0.3) is 21.9 Å². The Labute approximate surface area is 180 Å². The molecule has 0 radical (unpaired) electrons. The van der Waals surface area contributed by atoms with Crippen molar-refractivity contribution >= 4 is 37.7 Å². The lowest BCUT2D eigenvalue weighted by atomic mass is 10.1. The quantitative estimate of drug-likeness (QED) is 0.271. The number of ether oxygens (including phenoxy) is 2. The largest absolute Gasteiger partial charge is 0.494 e. The summed E-state index contributed by atoms with van der Waals surface area (Å²) in [7, 11) is -3.69. The third kappa shape index (κ3) is 5.07. The molecule has 0 atom stereocenters. The van der Waals surface area contributed by atoms with E-state index in [0.717, 1.165) is 31.9 Å². The van der Waals surface area contributed by atoms with Crippen LogP contribution in [0.4, 0.5) is 0 Å². The fourth-order valence-corrected chi connectivity index (χ4v) is 4.14. The Morgan fingerprint density at radius 2 is 1.81 bits per heavy atom. The van der Waals surface area contributed by atoms with Gasteiger partial charge in [-0.2, -0.15) is 0 Å². The lowest BCUT2D eigenvalue weighted by Crippen LogP contribution is -2.09. The van der Waals surface area contributed by atoms with Gasteiger partial charge in [-0.05, 0) is 37.6 Å². The van der Waals surface area contributed by atoms with E-state index in [-0.39, 0.29) is 44.8 Å². The van der Waals surface area contributed by atoms with Crippen molar-refractivity contribution in [2.24, 2.45) is 0 Å². The molecule has 0 aliphatic heterocycles. The van der Waals surface area contributed by atoms with Gasteiger partial charge in [0.2, 0.25) is 5.43 Å². The minimum atomic E-state index is -3.69. The van der Waals surface area contributed by atoms with Crippen LogP contribution in [0.3, 0.4) is 0 Å². The van der Waals surface area contributed by atoms with E-state index in [1.54, 1.807) is 6.92 Å². The van der Waals surface area contributed by atoms with Gasteiger partial charge in [-0.1, -0.05) is 26.2 Å². The molecular weight excluding hydrogens is 420 g/mol. The van der Waals surface area contributed by atoms with E-state index in [4.69, 9.17) is 13.9 Å². The summed E-state index contributed by atoms with van der Waals surface area (Å²) in [4.78, 5) is 25.1. The second-order valence-corrected chi connectivity index (χ2v) is 9.33. The molecule has 7 nitrogen and oxygen atoms in total. The number of unbranched alkanes of at least 4 members (excludes halogenated alkanes) is 3. The lowest BCUT2D eigenvalue weighted by Gasteiger charge is -2.11. The number of benzene rings is 2. The molecule has 0 amide bonds. The van der Waals surface area contributed by atoms with Crippen LogP contribution < -0.4 is 10.2 Å². The molecule has 0 unspecified atom stereocenters. The molecule has 0 bridgehead atoms. The second-order valence-electron chi connectivity index (χ2n) is 7.34. The first kappa shape index (κ1) is 22.8. The lowest BCUT2D eigenvalue weighted by molar-refractivity contribution is 0.0526. The molecule has 2 aromatic carbocycles. The Balaban J connectivity index is 2.14. The van der Waals surface area contributed by atoms with Crippen molar-refractivity contribution in [3.05, 3.63) is 46.1 Å². The van der Waals surface area contributed by atoms with E-state index in [1.807, 2.05) is 0 Å². The van der Waals surface area contributed by atoms with Gasteiger partial charge in [0.05, 0.1) is 29.5 Å². The summed E-state index contributed by atoms with van der Waals surface area (Å²) in [6.07, 6.45) is 5.08. The van der Waals surface area contributed by atoms with E-state index in [1.165, 1.54) is 30.3 Å². The molecule has 1 heterocycles. The normalized spacial score (nSPS) is 11.7. The highest BCUT2D eigenvalue weighted by atomic mass is 32.2. The topological polar surface area (TPSA) is 99.9 Å². The zero-order valence-corrected chi connectivity index (χ0v) is 18.7. The van der Waals surface area contributed by atoms with E-state index in [9.17, 15) is 18.0 Å². The third-order valence-electron chi connectivity index (χ3n) is 4.89.